The van der Waals surface area contributed by atoms with E-state index in [0.717, 1.165) is 11.1 Å². The van der Waals surface area contributed by atoms with Crippen LogP contribution in [0.3, 0.4) is 0 Å². The lowest BCUT2D eigenvalue weighted by Gasteiger charge is -2.26. The first kappa shape index (κ1) is 13.3. The van der Waals surface area contributed by atoms with Gasteiger partial charge in [-0.3, -0.25) is 4.79 Å². The summed E-state index contributed by atoms with van der Waals surface area (Å²) in [7, 11) is 0. The molecule has 0 aromatic heterocycles. The van der Waals surface area contributed by atoms with Crippen LogP contribution in [0.15, 0.2) is 35.9 Å². The lowest BCUT2D eigenvalue weighted by Crippen LogP contribution is -2.38. The molecule has 1 aliphatic heterocycles. The molecular weight excluding hydrogens is 242 g/mol. The second kappa shape index (κ2) is 5.69. The van der Waals surface area contributed by atoms with Gasteiger partial charge in [0, 0.05) is 6.54 Å². The number of carbonyl (C=O) groups is 2. The number of rotatable bonds is 3. The van der Waals surface area contributed by atoms with Crippen LogP contribution in [-0.4, -0.2) is 35.0 Å². The van der Waals surface area contributed by atoms with Gasteiger partial charge in [0.1, 0.15) is 0 Å². The third-order valence-electron chi connectivity index (χ3n) is 3.38. The highest BCUT2D eigenvalue weighted by atomic mass is 16.4. The highest BCUT2D eigenvalue weighted by molar-refractivity contribution is 5.89. The Balaban J connectivity index is 2.04. The number of amides is 1. The number of hydrogen-bond donors (Lipinski definition) is 1. The fourth-order valence-electron chi connectivity index (χ4n) is 2.19. The number of aliphatic carboxylic acids is 1. The van der Waals surface area contributed by atoms with Crippen molar-refractivity contribution in [1.82, 2.24) is 4.90 Å². The summed E-state index contributed by atoms with van der Waals surface area (Å²) >= 11 is 0. The van der Waals surface area contributed by atoms with E-state index in [1.54, 1.807) is 11.0 Å². The van der Waals surface area contributed by atoms with Gasteiger partial charge >= 0.3 is 5.97 Å². The van der Waals surface area contributed by atoms with Crippen molar-refractivity contribution in [2.75, 3.05) is 13.1 Å². The Bertz CT molecular complexity index is 534. The lowest BCUT2D eigenvalue weighted by molar-refractivity contribution is -0.134. The SMILES string of the molecule is Cc1ccccc1CC(=O)N1CCC=C(C(=O)O)C1. The molecule has 0 fully saturated rings. The summed E-state index contributed by atoms with van der Waals surface area (Å²) in [5.74, 6) is -0.949. The van der Waals surface area contributed by atoms with Crippen LogP contribution >= 0.6 is 0 Å². The van der Waals surface area contributed by atoms with Gasteiger partial charge in [0.2, 0.25) is 5.91 Å². The van der Waals surface area contributed by atoms with Crippen LogP contribution in [0.5, 0.6) is 0 Å². The van der Waals surface area contributed by atoms with Gasteiger partial charge in [0.25, 0.3) is 0 Å². The first-order valence-corrected chi connectivity index (χ1v) is 6.32. The average molecular weight is 259 g/mol. The summed E-state index contributed by atoms with van der Waals surface area (Å²) < 4.78 is 0. The lowest BCUT2D eigenvalue weighted by atomic mass is 10.0. The van der Waals surface area contributed by atoms with Crippen molar-refractivity contribution >= 4 is 11.9 Å². The quantitative estimate of drug-likeness (QED) is 0.900. The molecule has 19 heavy (non-hydrogen) atoms. The van der Waals surface area contributed by atoms with E-state index in [1.165, 1.54) is 0 Å². The number of hydrogen-bond acceptors (Lipinski definition) is 2. The Kier molecular flexibility index (Phi) is 4.00. The molecule has 1 aromatic carbocycles. The van der Waals surface area contributed by atoms with E-state index in [2.05, 4.69) is 0 Å². The maximum Gasteiger partial charge on any atom is 0.333 e. The molecule has 0 bridgehead atoms. The molecule has 0 spiro atoms. The van der Waals surface area contributed by atoms with Gasteiger partial charge in [-0.15, -0.1) is 0 Å². The molecule has 0 saturated heterocycles. The van der Waals surface area contributed by atoms with Crippen LogP contribution in [0.1, 0.15) is 17.5 Å². The number of carboxylic acids is 1. The van der Waals surface area contributed by atoms with E-state index in [-0.39, 0.29) is 12.5 Å². The van der Waals surface area contributed by atoms with Crippen molar-refractivity contribution < 1.29 is 14.7 Å². The zero-order valence-corrected chi connectivity index (χ0v) is 10.9. The average Bonchev–Trinajstić information content (AvgIpc) is 2.41. The maximum atomic E-state index is 12.2. The Morgan fingerprint density at radius 3 is 2.74 bits per heavy atom. The first-order chi connectivity index (χ1) is 9.08. The monoisotopic (exact) mass is 259 g/mol. The summed E-state index contributed by atoms with van der Waals surface area (Å²) in [6.07, 6.45) is 2.64. The topological polar surface area (TPSA) is 57.6 Å². The molecule has 0 aliphatic carbocycles. The summed E-state index contributed by atoms with van der Waals surface area (Å²) in [6, 6.07) is 7.76. The number of carboxylic acid groups (broad SMARTS) is 1. The van der Waals surface area contributed by atoms with Gasteiger partial charge in [0.15, 0.2) is 0 Å². The fourth-order valence-corrected chi connectivity index (χ4v) is 2.19. The number of aryl methyl sites for hydroxylation is 1. The standard InChI is InChI=1S/C15H17NO3/c1-11-5-2-3-6-12(11)9-14(17)16-8-4-7-13(10-16)15(18)19/h2-3,5-7H,4,8-10H2,1H3,(H,18,19). The molecule has 1 amide bonds. The predicted molar refractivity (Wildman–Crippen MR) is 71.8 cm³/mol. The minimum atomic E-state index is -0.937. The van der Waals surface area contributed by atoms with Crippen molar-refractivity contribution in [2.45, 2.75) is 19.8 Å². The zero-order chi connectivity index (χ0) is 13.8. The molecule has 2 rings (SSSR count). The third kappa shape index (κ3) is 3.22. The van der Waals surface area contributed by atoms with Crippen LogP contribution in [0.4, 0.5) is 0 Å². The molecule has 4 heteroatoms. The zero-order valence-electron chi connectivity index (χ0n) is 10.9. The van der Waals surface area contributed by atoms with E-state index in [0.29, 0.717) is 25.0 Å². The molecule has 1 heterocycles. The van der Waals surface area contributed by atoms with Crippen molar-refractivity contribution in [1.29, 1.82) is 0 Å². The van der Waals surface area contributed by atoms with Gasteiger partial charge in [-0.1, -0.05) is 30.3 Å². The normalized spacial score (nSPS) is 15.0. The Labute approximate surface area is 112 Å². The first-order valence-electron chi connectivity index (χ1n) is 6.32. The molecule has 1 aliphatic rings. The molecule has 0 radical (unpaired) electrons. The Hall–Kier alpha value is -2.10. The van der Waals surface area contributed by atoms with Crippen LogP contribution in [0.25, 0.3) is 0 Å². The predicted octanol–water partition coefficient (Wildman–Crippen LogP) is 1.78. The van der Waals surface area contributed by atoms with Gasteiger partial charge < -0.3 is 10.0 Å². The molecule has 100 valence electrons. The highest BCUT2D eigenvalue weighted by Gasteiger charge is 2.21. The van der Waals surface area contributed by atoms with Crippen molar-refractivity contribution in [3.05, 3.63) is 47.0 Å². The van der Waals surface area contributed by atoms with Gasteiger partial charge in [0.05, 0.1) is 18.5 Å². The van der Waals surface area contributed by atoms with Gasteiger partial charge in [-0.25, -0.2) is 4.79 Å². The summed E-state index contributed by atoms with van der Waals surface area (Å²) in [5, 5.41) is 8.97. The highest BCUT2D eigenvalue weighted by Crippen LogP contribution is 2.14. The number of benzene rings is 1. The molecule has 0 saturated carbocycles. The summed E-state index contributed by atoms with van der Waals surface area (Å²) in [5.41, 5.74) is 2.39. The molecule has 1 N–H and O–H groups in total. The minimum absolute atomic E-state index is 0.0128. The minimum Gasteiger partial charge on any atom is -0.478 e. The van der Waals surface area contributed by atoms with Crippen molar-refractivity contribution in [2.24, 2.45) is 0 Å². The largest absolute Gasteiger partial charge is 0.478 e. The number of nitrogens with zero attached hydrogens (tertiary/aromatic N) is 1. The second-order valence-electron chi connectivity index (χ2n) is 4.74. The van der Waals surface area contributed by atoms with E-state index in [1.807, 2.05) is 31.2 Å². The maximum absolute atomic E-state index is 12.2. The summed E-state index contributed by atoms with van der Waals surface area (Å²) in [6.45, 7) is 2.78. The van der Waals surface area contributed by atoms with Crippen LogP contribution in [0.2, 0.25) is 0 Å². The molecule has 1 aromatic rings. The fraction of sp³-hybridized carbons (Fsp3) is 0.333. The van der Waals surface area contributed by atoms with Crippen molar-refractivity contribution in [3.63, 3.8) is 0 Å². The molecule has 0 unspecified atom stereocenters. The van der Waals surface area contributed by atoms with Gasteiger partial charge in [-0.2, -0.15) is 0 Å². The van der Waals surface area contributed by atoms with Crippen LogP contribution in [-0.2, 0) is 16.0 Å². The van der Waals surface area contributed by atoms with Gasteiger partial charge in [-0.05, 0) is 24.5 Å². The molecule has 4 nitrogen and oxygen atoms in total. The second-order valence-corrected chi connectivity index (χ2v) is 4.74. The van der Waals surface area contributed by atoms with E-state index < -0.39 is 5.97 Å². The molecular formula is C15H17NO3. The summed E-state index contributed by atoms with van der Waals surface area (Å²) in [4.78, 5) is 24.7. The van der Waals surface area contributed by atoms with E-state index >= 15 is 0 Å². The Morgan fingerprint density at radius 2 is 2.05 bits per heavy atom. The van der Waals surface area contributed by atoms with E-state index in [9.17, 15) is 9.59 Å². The van der Waals surface area contributed by atoms with Crippen LogP contribution in [0, 0.1) is 6.92 Å². The van der Waals surface area contributed by atoms with E-state index in [4.69, 9.17) is 5.11 Å². The third-order valence-corrected chi connectivity index (χ3v) is 3.38. The van der Waals surface area contributed by atoms with Crippen LogP contribution < -0.4 is 0 Å². The Morgan fingerprint density at radius 1 is 1.32 bits per heavy atom. The number of carbonyl (C=O) groups excluding carboxylic acids is 1. The smallest absolute Gasteiger partial charge is 0.333 e. The van der Waals surface area contributed by atoms with Crippen molar-refractivity contribution in [3.8, 4) is 0 Å². The molecule has 0 atom stereocenters.